The molecule has 0 atom stereocenters. The summed E-state index contributed by atoms with van der Waals surface area (Å²) in [6.07, 6.45) is 1.37. The van der Waals surface area contributed by atoms with Crippen LogP contribution in [0.3, 0.4) is 0 Å². The van der Waals surface area contributed by atoms with Crippen LogP contribution in [0, 0.1) is 5.82 Å². The number of aromatic nitrogens is 1. The molecule has 20 heavy (non-hydrogen) atoms. The summed E-state index contributed by atoms with van der Waals surface area (Å²) in [6.45, 7) is 0.243. The molecule has 0 radical (unpaired) electrons. The summed E-state index contributed by atoms with van der Waals surface area (Å²) in [5, 5.41) is 9.02. The number of anilines is 2. The summed E-state index contributed by atoms with van der Waals surface area (Å²) in [4.78, 5) is 16.7. The third-order valence-electron chi connectivity index (χ3n) is 2.93. The number of nitrogen functional groups attached to an aromatic ring is 1. The lowest BCUT2D eigenvalue weighted by molar-refractivity contribution is 0.0698. The molecule has 0 bridgehead atoms. The molecule has 2 rings (SSSR count). The van der Waals surface area contributed by atoms with Crippen LogP contribution >= 0.6 is 0 Å². The van der Waals surface area contributed by atoms with Gasteiger partial charge in [0.1, 0.15) is 5.82 Å². The quantitative estimate of drug-likeness (QED) is 0.893. The monoisotopic (exact) mass is 275 g/mol. The van der Waals surface area contributed by atoms with E-state index < -0.39 is 5.97 Å². The van der Waals surface area contributed by atoms with Gasteiger partial charge in [-0.25, -0.2) is 14.2 Å². The molecule has 0 aliphatic carbocycles. The highest BCUT2D eigenvalue weighted by Crippen LogP contribution is 2.24. The van der Waals surface area contributed by atoms with E-state index in [0.717, 1.165) is 0 Å². The van der Waals surface area contributed by atoms with E-state index in [2.05, 4.69) is 4.98 Å². The van der Waals surface area contributed by atoms with Gasteiger partial charge in [-0.3, -0.25) is 0 Å². The van der Waals surface area contributed by atoms with Crippen molar-refractivity contribution in [3.8, 4) is 0 Å². The number of carbonyl (C=O) groups is 1. The molecule has 3 N–H and O–H groups in total. The highest BCUT2D eigenvalue weighted by molar-refractivity contribution is 5.96. The topological polar surface area (TPSA) is 79.5 Å². The van der Waals surface area contributed by atoms with Crippen LogP contribution in [0.2, 0.25) is 0 Å². The van der Waals surface area contributed by atoms with Crippen LogP contribution in [-0.2, 0) is 6.54 Å². The van der Waals surface area contributed by atoms with Crippen LogP contribution < -0.4 is 10.6 Å². The fraction of sp³-hybridized carbons (Fsp3) is 0.143. The summed E-state index contributed by atoms with van der Waals surface area (Å²) in [5.74, 6) is -1.13. The van der Waals surface area contributed by atoms with Crippen LogP contribution in [0.15, 0.2) is 36.5 Å². The van der Waals surface area contributed by atoms with Crippen molar-refractivity contribution in [3.05, 3.63) is 53.5 Å². The fourth-order valence-corrected chi connectivity index (χ4v) is 1.91. The van der Waals surface area contributed by atoms with E-state index in [4.69, 9.17) is 10.8 Å². The molecule has 0 saturated carbocycles. The van der Waals surface area contributed by atoms with E-state index in [0.29, 0.717) is 11.4 Å². The Labute approximate surface area is 115 Å². The van der Waals surface area contributed by atoms with Crippen molar-refractivity contribution < 1.29 is 14.3 Å². The minimum absolute atomic E-state index is 0.0182. The lowest BCUT2D eigenvalue weighted by atomic mass is 10.2. The van der Waals surface area contributed by atoms with Crippen molar-refractivity contribution in [3.63, 3.8) is 0 Å². The number of carboxylic acids is 1. The van der Waals surface area contributed by atoms with Crippen LogP contribution in [0.5, 0.6) is 0 Å². The van der Waals surface area contributed by atoms with Gasteiger partial charge in [0, 0.05) is 25.4 Å². The summed E-state index contributed by atoms with van der Waals surface area (Å²) in [7, 11) is 1.68. The van der Waals surface area contributed by atoms with Crippen molar-refractivity contribution in [1.82, 2.24) is 4.98 Å². The summed E-state index contributed by atoms with van der Waals surface area (Å²) in [6, 6.07) is 7.70. The number of nitrogens with zero attached hydrogens (tertiary/aromatic N) is 2. The Hall–Kier alpha value is -2.63. The molecule has 1 aromatic heterocycles. The number of halogens is 1. The van der Waals surface area contributed by atoms with Crippen LogP contribution in [0.1, 0.15) is 15.9 Å². The Kier molecular flexibility index (Phi) is 3.84. The lowest BCUT2D eigenvalue weighted by Gasteiger charge is -2.20. The number of hydrogen-bond acceptors (Lipinski definition) is 4. The molecular formula is C14H14FN3O2. The highest BCUT2D eigenvalue weighted by Gasteiger charge is 2.16. The fourth-order valence-electron chi connectivity index (χ4n) is 1.91. The molecule has 0 unspecified atom stereocenters. The molecule has 1 heterocycles. The van der Waals surface area contributed by atoms with E-state index >= 15 is 0 Å². The number of benzene rings is 1. The third kappa shape index (κ3) is 2.69. The van der Waals surface area contributed by atoms with Crippen molar-refractivity contribution in [2.45, 2.75) is 6.54 Å². The predicted molar refractivity (Wildman–Crippen MR) is 74.1 cm³/mol. The maximum atomic E-state index is 13.6. The first kappa shape index (κ1) is 13.8. The van der Waals surface area contributed by atoms with Gasteiger partial charge >= 0.3 is 5.97 Å². The van der Waals surface area contributed by atoms with E-state index in [-0.39, 0.29) is 23.6 Å². The molecule has 0 aliphatic rings. The molecule has 0 fully saturated rings. The van der Waals surface area contributed by atoms with Gasteiger partial charge < -0.3 is 15.7 Å². The summed E-state index contributed by atoms with van der Waals surface area (Å²) >= 11 is 0. The second kappa shape index (κ2) is 5.56. The standard InChI is InChI=1S/C14H14FN3O2/c1-18(8-9-4-2-3-5-11(9)15)13-12(16)10(14(19)20)6-7-17-13/h2-7H,8,16H2,1H3,(H,19,20). The van der Waals surface area contributed by atoms with Gasteiger partial charge in [-0.2, -0.15) is 0 Å². The maximum absolute atomic E-state index is 13.6. The van der Waals surface area contributed by atoms with Gasteiger partial charge in [0.2, 0.25) is 0 Å². The first-order chi connectivity index (χ1) is 9.50. The number of nitrogens with two attached hydrogens (primary N) is 1. The van der Waals surface area contributed by atoms with Gasteiger partial charge in [-0.05, 0) is 12.1 Å². The SMILES string of the molecule is CN(Cc1ccccc1F)c1nccc(C(=O)O)c1N. The molecule has 2 aromatic rings. The van der Waals surface area contributed by atoms with Crippen molar-refractivity contribution in [2.24, 2.45) is 0 Å². The van der Waals surface area contributed by atoms with Crippen LogP contribution in [0.4, 0.5) is 15.9 Å². The molecule has 0 aliphatic heterocycles. The van der Waals surface area contributed by atoms with E-state index in [9.17, 15) is 9.18 Å². The minimum atomic E-state index is -1.12. The van der Waals surface area contributed by atoms with Gasteiger partial charge in [0.15, 0.2) is 5.82 Å². The molecular weight excluding hydrogens is 261 g/mol. The third-order valence-corrected chi connectivity index (χ3v) is 2.93. The highest BCUT2D eigenvalue weighted by atomic mass is 19.1. The van der Waals surface area contributed by atoms with Crippen molar-refractivity contribution in [1.29, 1.82) is 0 Å². The van der Waals surface area contributed by atoms with Gasteiger partial charge in [0.25, 0.3) is 0 Å². The zero-order chi connectivity index (χ0) is 14.7. The van der Waals surface area contributed by atoms with Gasteiger partial charge in [0.05, 0.1) is 11.3 Å². The molecule has 5 nitrogen and oxygen atoms in total. The Morgan fingerprint density at radius 3 is 2.75 bits per heavy atom. The Morgan fingerprint density at radius 1 is 1.40 bits per heavy atom. The summed E-state index contributed by atoms with van der Waals surface area (Å²) in [5.41, 5.74) is 6.33. The molecule has 0 spiro atoms. The number of pyridine rings is 1. The largest absolute Gasteiger partial charge is 0.478 e. The first-order valence-corrected chi connectivity index (χ1v) is 5.93. The van der Waals surface area contributed by atoms with Crippen molar-refractivity contribution in [2.75, 3.05) is 17.7 Å². The lowest BCUT2D eigenvalue weighted by Crippen LogP contribution is -2.21. The van der Waals surface area contributed by atoms with Crippen LogP contribution in [0.25, 0.3) is 0 Å². The first-order valence-electron chi connectivity index (χ1n) is 5.93. The Bertz CT molecular complexity index is 646. The Morgan fingerprint density at radius 2 is 2.10 bits per heavy atom. The van der Waals surface area contributed by atoms with Crippen LogP contribution in [-0.4, -0.2) is 23.1 Å². The zero-order valence-electron chi connectivity index (χ0n) is 10.9. The molecule has 0 amide bonds. The predicted octanol–water partition coefficient (Wildman–Crippen LogP) is 2.14. The number of hydrogen-bond donors (Lipinski definition) is 2. The number of aromatic carboxylic acids is 1. The normalized spacial score (nSPS) is 10.3. The number of carboxylic acid groups (broad SMARTS) is 1. The molecule has 1 aromatic carbocycles. The molecule has 0 saturated heterocycles. The van der Waals surface area contributed by atoms with Crippen molar-refractivity contribution >= 4 is 17.5 Å². The second-order valence-electron chi connectivity index (χ2n) is 4.35. The average molecular weight is 275 g/mol. The van der Waals surface area contributed by atoms with Gasteiger partial charge in [-0.1, -0.05) is 18.2 Å². The van der Waals surface area contributed by atoms with E-state index in [1.165, 1.54) is 18.3 Å². The second-order valence-corrected chi connectivity index (χ2v) is 4.35. The average Bonchev–Trinajstić information content (AvgIpc) is 2.41. The minimum Gasteiger partial charge on any atom is -0.478 e. The van der Waals surface area contributed by atoms with E-state index in [1.807, 2.05) is 0 Å². The summed E-state index contributed by atoms with van der Waals surface area (Å²) < 4.78 is 13.6. The Balaban J connectivity index is 2.30. The molecule has 104 valence electrons. The van der Waals surface area contributed by atoms with E-state index in [1.54, 1.807) is 30.1 Å². The zero-order valence-corrected chi connectivity index (χ0v) is 10.9. The molecule has 6 heteroatoms. The smallest absolute Gasteiger partial charge is 0.337 e. The maximum Gasteiger partial charge on any atom is 0.337 e. The van der Waals surface area contributed by atoms with Gasteiger partial charge in [-0.15, -0.1) is 0 Å². The number of rotatable bonds is 4.